The Hall–Kier alpha value is -1.59. The second-order valence-electron chi connectivity index (χ2n) is 7.15. The van der Waals surface area contributed by atoms with Gasteiger partial charge in [-0.05, 0) is 44.6 Å². The van der Waals surface area contributed by atoms with Crippen molar-refractivity contribution >= 4 is 12.6 Å². The van der Waals surface area contributed by atoms with Gasteiger partial charge in [-0.2, -0.15) is 5.10 Å². The summed E-state index contributed by atoms with van der Waals surface area (Å²) in [4.78, 5) is 0. The van der Waals surface area contributed by atoms with Crippen molar-refractivity contribution in [3.63, 3.8) is 0 Å². The molecule has 2 aromatic rings. The van der Waals surface area contributed by atoms with Crippen LogP contribution in [-0.4, -0.2) is 27.5 Å². The quantitative estimate of drug-likeness (QED) is 0.833. The van der Waals surface area contributed by atoms with Crippen LogP contribution in [0.15, 0.2) is 36.7 Å². The summed E-state index contributed by atoms with van der Waals surface area (Å²) < 4.78 is 7.74. The molecule has 4 nitrogen and oxygen atoms in total. The summed E-state index contributed by atoms with van der Waals surface area (Å²) in [6, 6.07) is 8.14. The molecule has 0 aliphatic rings. The average Bonchev–Trinajstić information content (AvgIpc) is 2.96. The zero-order valence-corrected chi connectivity index (χ0v) is 14.9. The first-order valence-electron chi connectivity index (χ1n) is 8.21. The van der Waals surface area contributed by atoms with E-state index in [1.807, 2.05) is 55.2 Å². The Morgan fingerprint density at radius 1 is 1.09 bits per heavy atom. The molecule has 124 valence electrons. The summed E-state index contributed by atoms with van der Waals surface area (Å²) in [5.41, 5.74) is 2.54. The summed E-state index contributed by atoms with van der Waals surface area (Å²) in [7, 11) is -0.917. The topological polar surface area (TPSA) is 47.3 Å². The van der Waals surface area contributed by atoms with Gasteiger partial charge in [0, 0.05) is 17.8 Å². The van der Waals surface area contributed by atoms with Gasteiger partial charge in [-0.1, -0.05) is 38.1 Å². The van der Waals surface area contributed by atoms with Crippen LogP contribution in [0.3, 0.4) is 0 Å². The summed E-state index contributed by atoms with van der Waals surface area (Å²) in [5, 5.41) is 14.7. The van der Waals surface area contributed by atoms with Crippen molar-refractivity contribution in [3.05, 3.63) is 36.7 Å². The first kappa shape index (κ1) is 17.8. The van der Waals surface area contributed by atoms with Crippen LogP contribution in [0, 0.1) is 5.92 Å². The Kier molecular flexibility index (Phi) is 5.32. The lowest BCUT2D eigenvalue weighted by atomic mass is 9.77. The van der Waals surface area contributed by atoms with E-state index in [9.17, 15) is 5.02 Å². The molecule has 0 unspecified atom stereocenters. The Morgan fingerprint density at radius 3 is 2.17 bits per heavy atom. The maximum atomic E-state index is 10.3. The maximum absolute atomic E-state index is 10.3. The SMILES string of the molecule is CC(C)n1cc(-c2ccc(B(O)OC(C)(C)C(C)C)cc2)cn1. The Morgan fingerprint density at radius 2 is 1.70 bits per heavy atom. The first-order chi connectivity index (χ1) is 10.7. The fourth-order valence-electron chi connectivity index (χ4n) is 2.10. The second kappa shape index (κ2) is 6.89. The molecule has 1 aromatic carbocycles. The van der Waals surface area contributed by atoms with Crippen LogP contribution in [0.5, 0.6) is 0 Å². The van der Waals surface area contributed by atoms with E-state index >= 15 is 0 Å². The molecule has 1 heterocycles. The number of hydrogen-bond donors (Lipinski definition) is 1. The number of rotatable bonds is 6. The molecule has 0 amide bonds. The number of hydrogen-bond acceptors (Lipinski definition) is 3. The van der Waals surface area contributed by atoms with Gasteiger partial charge >= 0.3 is 7.12 Å². The van der Waals surface area contributed by atoms with E-state index in [-0.39, 0.29) is 5.60 Å². The molecule has 0 radical (unpaired) electrons. The van der Waals surface area contributed by atoms with Crippen molar-refractivity contribution in [1.29, 1.82) is 0 Å². The highest BCUT2D eigenvalue weighted by atomic mass is 16.5. The molecule has 0 spiro atoms. The van der Waals surface area contributed by atoms with Crippen molar-refractivity contribution in [2.45, 2.75) is 53.2 Å². The highest BCUT2D eigenvalue weighted by Gasteiger charge is 2.30. The zero-order chi connectivity index (χ0) is 17.2. The summed E-state index contributed by atoms with van der Waals surface area (Å²) in [6.45, 7) is 12.4. The minimum absolute atomic E-state index is 0.318. The third-order valence-corrected chi connectivity index (χ3v) is 4.47. The van der Waals surface area contributed by atoms with Crippen LogP contribution in [0.4, 0.5) is 0 Å². The van der Waals surface area contributed by atoms with Gasteiger partial charge in [0.2, 0.25) is 0 Å². The van der Waals surface area contributed by atoms with Gasteiger partial charge in [-0.15, -0.1) is 0 Å². The summed E-state index contributed by atoms with van der Waals surface area (Å²) >= 11 is 0. The standard InChI is InChI=1S/C18H27BN2O2/c1-13(2)18(5,6)23-19(22)17-9-7-15(8-10-17)16-11-20-21(12-16)14(3)4/h7-14,22H,1-6H3. The monoisotopic (exact) mass is 314 g/mol. The molecule has 0 aliphatic heterocycles. The highest BCUT2D eigenvalue weighted by molar-refractivity contribution is 6.60. The first-order valence-corrected chi connectivity index (χ1v) is 8.21. The molecule has 0 saturated carbocycles. The van der Waals surface area contributed by atoms with Crippen LogP contribution < -0.4 is 5.46 Å². The molecular formula is C18H27BN2O2. The van der Waals surface area contributed by atoms with Gasteiger partial charge in [0.1, 0.15) is 0 Å². The van der Waals surface area contributed by atoms with E-state index < -0.39 is 7.12 Å². The molecule has 0 atom stereocenters. The fraction of sp³-hybridized carbons (Fsp3) is 0.500. The molecule has 0 aliphatic carbocycles. The predicted octanol–water partition coefficient (Wildman–Crippen LogP) is 3.27. The molecule has 0 fully saturated rings. The largest absolute Gasteiger partial charge is 0.491 e. The fourth-order valence-corrected chi connectivity index (χ4v) is 2.10. The predicted molar refractivity (Wildman–Crippen MR) is 95.7 cm³/mol. The third-order valence-electron chi connectivity index (χ3n) is 4.47. The Balaban J connectivity index is 2.12. The minimum Gasteiger partial charge on any atom is -0.423 e. The smallest absolute Gasteiger partial charge is 0.423 e. The molecule has 23 heavy (non-hydrogen) atoms. The molecule has 1 aromatic heterocycles. The van der Waals surface area contributed by atoms with Crippen molar-refractivity contribution in [2.24, 2.45) is 5.92 Å². The van der Waals surface area contributed by atoms with E-state index in [0.717, 1.165) is 16.6 Å². The Labute approximate surface area is 139 Å². The highest BCUT2D eigenvalue weighted by Crippen LogP contribution is 2.22. The Bertz CT molecular complexity index is 633. The van der Waals surface area contributed by atoms with Crippen LogP contribution in [0.2, 0.25) is 0 Å². The average molecular weight is 314 g/mol. The molecule has 5 heteroatoms. The number of benzene rings is 1. The van der Waals surface area contributed by atoms with E-state index in [1.54, 1.807) is 0 Å². The van der Waals surface area contributed by atoms with Crippen LogP contribution >= 0.6 is 0 Å². The van der Waals surface area contributed by atoms with Gasteiger partial charge in [-0.3, -0.25) is 4.68 Å². The number of nitrogens with zero attached hydrogens (tertiary/aromatic N) is 2. The summed E-state index contributed by atoms with van der Waals surface area (Å²) in [5.74, 6) is 0.318. The lowest BCUT2D eigenvalue weighted by molar-refractivity contribution is 0.0423. The maximum Gasteiger partial charge on any atom is 0.491 e. The lowest BCUT2D eigenvalue weighted by Gasteiger charge is -2.31. The molecule has 1 N–H and O–H groups in total. The summed E-state index contributed by atoms with van der Waals surface area (Å²) in [6.07, 6.45) is 3.90. The van der Waals surface area contributed by atoms with Gasteiger partial charge in [-0.25, -0.2) is 0 Å². The van der Waals surface area contributed by atoms with E-state index in [0.29, 0.717) is 12.0 Å². The minimum atomic E-state index is -0.917. The van der Waals surface area contributed by atoms with E-state index in [2.05, 4.69) is 32.8 Å². The van der Waals surface area contributed by atoms with Crippen molar-refractivity contribution in [1.82, 2.24) is 9.78 Å². The van der Waals surface area contributed by atoms with Gasteiger partial charge in [0.25, 0.3) is 0 Å². The normalized spacial score (nSPS) is 12.2. The van der Waals surface area contributed by atoms with Crippen molar-refractivity contribution in [3.8, 4) is 11.1 Å². The van der Waals surface area contributed by atoms with Gasteiger partial charge in [0.05, 0.1) is 11.8 Å². The van der Waals surface area contributed by atoms with Gasteiger partial charge < -0.3 is 9.68 Å². The second-order valence-corrected chi connectivity index (χ2v) is 7.15. The van der Waals surface area contributed by atoms with Crippen molar-refractivity contribution < 1.29 is 9.68 Å². The number of aromatic nitrogens is 2. The molecule has 0 bridgehead atoms. The third kappa shape index (κ3) is 4.24. The zero-order valence-electron chi connectivity index (χ0n) is 14.9. The van der Waals surface area contributed by atoms with Crippen LogP contribution in [0.1, 0.15) is 47.6 Å². The van der Waals surface area contributed by atoms with E-state index in [4.69, 9.17) is 4.65 Å². The lowest BCUT2D eigenvalue weighted by Crippen LogP contribution is -2.44. The van der Waals surface area contributed by atoms with Crippen LogP contribution in [0.25, 0.3) is 11.1 Å². The van der Waals surface area contributed by atoms with Gasteiger partial charge in [0.15, 0.2) is 0 Å². The molecule has 2 rings (SSSR count). The molecular weight excluding hydrogens is 287 g/mol. The molecule has 0 saturated heterocycles. The van der Waals surface area contributed by atoms with E-state index in [1.165, 1.54) is 0 Å². The van der Waals surface area contributed by atoms with Crippen LogP contribution in [-0.2, 0) is 4.65 Å². The van der Waals surface area contributed by atoms with Crippen molar-refractivity contribution in [2.75, 3.05) is 0 Å².